The number of hydrogen-bond donors (Lipinski definition) is 2. The van der Waals surface area contributed by atoms with Crippen LogP contribution in [-0.2, 0) is 10.0 Å². The first-order valence-corrected chi connectivity index (χ1v) is 9.83. The predicted octanol–water partition coefficient (Wildman–Crippen LogP) is 3.22. The minimum absolute atomic E-state index is 0.0995. The van der Waals surface area contributed by atoms with Gasteiger partial charge in [0, 0.05) is 17.6 Å². The molecule has 1 saturated heterocycles. The van der Waals surface area contributed by atoms with Crippen LogP contribution in [0.15, 0.2) is 29.2 Å². The van der Waals surface area contributed by atoms with Crippen LogP contribution in [0.25, 0.3) is 0 Å². The summed E-state index contributed by atoms with van der Waals surface area (Å²) in [4.78, 5) is 0.342. The number of benzene rings is 1. The third kappa shape index (κ3) is 5.30. The van der Waals surface area contributed by atoms with E-state index in [0.717, 1.165) is 24.8 Å². The van der Waals surface area contributed by atoms with Crippen molar-refractivity contribution < 1.29 is 8.42 Å². The number of hydrogen-bond acceptors (Lipinski definition) is 3. The number of rotatable bonds is 5. The zero-order valence-corrected chi connectivity index (χ0v) is 15.8. The summed E-state index contributed by atoms with van der Waals surface area (Å²) in [6.45, 7) is 11.3. The number of nitrogens with one attached hydrogen (secondary N) is 2. The molecule has 1 aliphatic rings. The van der Waals surface area contributed by atoms with Gasteiger partial charge in [0.1, 0.15) is 0 Å². The predicted molar refractivity (Wildman–Crippen MR) is 95.0 cm³/mol. The van der Waals surface area contributed by atoms with E-state index in [-0.39, 0.29) is 11.1 Å². The van der Waals surface area contributed by atoms with Crippen LogP contribution in [0.4, 0.5) is 0 Å². The van der Waals surface area contributed by atoms with Gasteiger partial charge in [-0.2, -0.15) is 0 Å². The van der Waals surface area contributed by atoms with Gasteiger partial charge < -0.3 is 5.32 Å². The Labute approximate surface area is 141 Å². The first-order chi connectivity index (χ1) is 10.5. The molecule has 2 N–H and O–H groups in total. The molecule has 0 aromatic heterocycles. The normalized spacial score (nSPS) is 21.3. The van der Waals surface area contributed by atoms with Gasteiger partial charge in [-0.1, -0.05) is 17.7 Å². The topological polar surface area (TPSA) is 58.2 Å². The first kappa shape index (κ1) is 18.4. The average molecular weight is 339 g/mol. The zero-order chi connectivity index (χ0) is 17.3. The molecule has 1 fully saturated rings. The maximum Gasteiger partial charge on any atom is 0.240 e. The van der Waals surface area contributed by atoms with Crippen LogP contribution in [0.1, 0.15) is 52.5 Å². The lowest BCUT2D eigenvalue weighted by atomic mass is 9.75. The summed E-state index contributed by atoms with van der Waals surface area (Å²) in [5.41, 5.74) is 1.26. The number of aryl methyl sites for hydroxylation is 1. The Bertz CT molecular complexity index is 617. The SMILES string of the molecule is Cc1ccc(S(=O)(=O)NCCC2CC(C)(C)NC(C)(C)C2)cc1. The summed E-state index contributed by atoms with van der Waals surface area (Å²) in [6.07, 6.45) is 3.02. The van der Waals surface area contributed by atoms with Gasteiger partial charge in [0.25, 0.3) is 0 Å². The molecule has 1 aliphatic heterocycles. The second-order valence-electron chi connectivity index (χ2n) is 8.17. The van der Waals surface area contributed by atoms with Crippen molar-refractivity contribution in [1.82, 2.24) is 10.0 Å². The lowest BCUT2D eigenvalue weighted by molar-refractivity contribution is 0.124. The van der Waals surface area contributed by atoms with Crippen LogP contribution in [0.2, 0.25) is 0 Å². The smallest absolute Gasteiger partial charge is 0.240 e. The largest absolute Gasteiger partial charge is 0.307 e. The maximum atomic E-state index is 12.3. The molecule has 130 valence electrons. The minimum atomic E-state index is -3.40. The van der Waals surface area contributed by atoms with Gasteiger partial charge in [0.15, 0.2) is 0 Å². The summed E-state index contributed by atoms with van der Waals surface area (Å²) >= 11 is 0. The van der Waals surface area contributed by atoms with Crippen LogP contribution >= 0.6 is 0 Å². The quantitative estimate of drug-likeness (QED) is 0.867. The molecule has 2 rings (SSSR count). The highest BCUT2D eigenvalue weighted by Crippen LogP contribution is 2.34. The van der Waals surface area contributed by atoms with Crippen molar-refractivity contribution in [3.05, 3.63) is 29.8 Å². The van der Waals surface area contributed by atoms with Crippen LogP contribution in [0.5, 0.6) is 0 Å². The summed E-state index contributed by atoms with van der Waals surface area (Å²) in [6, 6.07) is 6.97. The second-order valence-corrected chi connectivity index (χ2v) is 9.93. The van der Waals surface area contributed by atoms with Crippen molar-refractivity contribution in [2.75, 3.05) is 6.54 Å². The monoisotopic (exact) mass is 338 g/mol. The van der Waals surface area contributed by atoms with E-state index in [1.54, 1.807) is 12.1 Å². The van der Waals surface area contributed by atoms with Crippen LogP contribution in [0, 0.1) is 12.8 Å². The van der Waals surface area contributed by atoms with Crippen molar-refractivity contribution >= 4 is 10.0 Å². The molecule has 0 saturated carbocycles. The van der Waals surface area contributed by atoms with Gasteiger partial charge in [-0.25, -0.2) is 13.1 Å². The maximum absolute atomic E-state index is 12.3. The molecule has 0 bridgehead atoms. The fourth-order valence-corrected chi connectivity index (χ4v) is 4.98. The molecule has 0 amide bonds. The third-order valence-corrected chi connectivity index (χ3v) is 5.93. The van der Waals surface area contributed by atoms with Crippen molar-refractivity contribution in [3.8, 4) is 0 Å². The zero-order valence-electron chi connectivity index (χ0n) is 14.9. The molecule has 0 spiro atoms. The Morgan fingerprint density at radius 3 is 2.13 bits per heavy atom. The molecular formula is C18H30N2O2S. The third-order valence-electron chi connectivity index (χ3n) is 4.45. The van der Waals surface area contributed by atoms with E-state index in [2.05, 4.69) is 37.7 Å². The van der Waals surface area contributed by atoms with Crippen LogP contribution < -0.4 is 10.0 Å². The fourth-order valence-electron chi connectivity index (χ4n) is 3.94. The molecule has 1 heterocycles. The summed E-state index contributed by atoms with van der Waals surface area (Å²) in [5, 5.41) is 3.66. The molecule has 5 heteroatoms. The van der Waals surface area contributed by atoms with Crippen molar-refractivity contribution in [2.45, 2.75) is 69.9 Å². The Morgan fingerprint density at radius 1 is 1.09 bits per heavy atom. The van der Waals surface area contributed by atoms with Gasteiger partial charge in [-0.3, -0.25) is 0 Å². The summed E-state index contributed by atoms with van der Waals surface area (Å²) in [7, 11) is -3.40. The molecule has 0 aliphatic carbocycles. The number of piperidine rings is 1. The van der Waals surface area contributed by atoms with E-state index in [0.29, 0.717) is 17.4 Å². The molecule has 4 nitrogen and oxygen atoms in total. The van der Waals surface area contributed by atoms with E-state index in [1.807, 2.05) is 19.1 Å². The molecule has 23 heavy (non-hydrogen) atoms. The molecular weight excluding hydrogens is 308 g/mol. The van der Waals surface area contributed by atoms with E-state index >= 15 is 0 Å². The summed E-state index contributed by atoms with van der Waals surface area (Å²) in [5.74, 6) is 0.530. The van der Waals surface area contributed by atoms with E-state index < -0.39 is 10.0 Å². The highest BCUT2D eigenvalue weighted by atomic mass is 32.2. The average Bonchev–Trinajstić information content (AvgIpc) is 2.35. The molecule has 1 aromatic carbocycles. The van der Waals surface area contributed by atoms with Crippen LogP contribution in [-0.4, -0.2) is 26.0 Å². The van der Waals surface area contributed by atoms with Gasteiger partial charge >= 0.3 is 0 Å². The van der Waals surface area contributed by atoms with Crippen molar-refractivity contribution in [3.63, 3.8) is 0 Å². The summed E-state index contributed by atoms with van der Waals surface area (Å²) < 4.78 is 27.4. The van der Waals surface area contributed by atoms with E-state index in [4.69, 9.17) is 0 Å². The van der Waals surface area contributed by atoms with E-state index in [9.17, 15) is 8.42 Å². The van der Waals surface area contributed by atoms with Crippen molar-refractivity contribution in [2.24, 2.45) is 5.92 Å². The Hall–Kier alpha value is -0.910. The standard InChI is InChI=1S/C18H30N2O2S/c1-14-6-8-16(9-7-14)23(21,22)19-11-10-15-12-17(2,3)20-18(4,5)13-15/h6-9,15,19-20H,10-13H2,1-5H3. The van der Waals surface area contributed by atoms with Gasteiger partial charge in [-0.05, 0) is 71.9 Å². The highest BCUT2D eigenvalue weighted by molar-refractivity contribution is 7.89. The van der Waals surface area contributed by atoms with Gasteiger partial charge in [-0.15, -0.1) is 0 Å². The first-order valence-electron chi connectivity index (χ1n) is 8.35. The molecule has 0 atom stereocenters. The Kier molecular flexibility index (Phi) is 5.24. The minimum Gasteiger partial charge on any atom is -0.307 e. The van der Waals surface area contributed by atoms with E-state index in [1.165, 1.54) is 0 Å². The highest BCUT2D eigenvalue weighted by Gasteiger charge is 2.37. The molecule has 0 radical (unpaired) electrons. The second kappa shape index (κ2) is 6.54. The van der Waals surface area contributed by atoms with Crippen LogP contribution in [0.3, 0.4) is 0 Å². The number of sulfonamides is 1. The molecule has 1 aromatic rings. The Balaban J connectivity index is 1.92. The Morgan fingerprint density at radius 2 is 1.61 bits per heavy atom. The van der Waals surface area contributed by atoms with Gasteiger partial charge in [0.2, 0.25) is 10.0 Å². The lowest BCUT2D eigenvalue weighted by Crippen LogP contribution is -2.58. The van der Waals surface area contributed by atoms with Gasteiger partial charge in [0.05, 0.1) is 4.90 Å². The lowest BCUT2D eigenvalue weighted by Gasteiger charge is -2.46. The van der Waals surface area contributed by atoms with Crippen molar-refractivity contribution in [1.29, 1.82) is 0 Å². The fraction of sp³-hybridized carbons (Fsp3) is 0.667. The molecule has 0 unspecified atom stereocenters.